The third kappa shape index (κ3) is 4.74. The van der Waals surface area contributed by atoms with Crippen LogP contribution in [0.3, 0.4) is 0 Å². The van der Waals surface area contributed by atoms with E-state index in [1.807, 2.05) is 62.6 Å². The molecule has 0 aliphatic rings. The molecule has 0 spiro atoms. The molecule has 10 heteroatoms. The van der Waals surface area contributed by atoms with E-state index in [2.05, 4.69) is 32.3 Å². The first-order chi connectivity index (χ1) is 19.8. The second kappa shape index (κ2) is 10.2. The van der Waals surface area contributed by atoms with Crippen LogP contribution in [0.25, 0.3) is 22.2 Å². The smallest absolute Gasteiger partial charge is 0.267 e. The zero-order chi connectivity index (χ0) is 28.7. The normalized spacial score (nSPS) is 11.8. The first-order valence-electron chi connectivity index (χ1n) is 13.1. The van der Waals surface area contributed by atoms with E-state index in [4.69, 9.17) is 4.98 Å². The largest absolute Gasteiger partial charge is 0.342 e. The van der Waals surface area contributed by atoms with Gasteiger partial charge in [0, 0.05) is 30.7 Å². The van der Waals surface area contributed by atoms with Gasteiger partial charge in [-0.2, -0.15) is 10.2 Å². The second-order valence-corrected chi connectivity index (χ2v) is 9.79. The topological polar surface area (TPSA) is 112 Å². The molecule has 0 aliphatic heterocycles. The zero-order valence-corrected chi connectivity index (χ0v) is 23.0. The van der Waals surface area contributed by atoms with Crippen molar-refractivity contribution in [3.05, 3.63) is 117 Å². The van der Waals surface area contributed by atoms with E-state index in [1.54, 1.807) is 47.6 Å². The molecule has 4 aromatic heterocycles. The van der Waals surface area contributed by atoms with Crippen LogP contribution in [-0.4, -0.2) is 39.8 Å². The van der Waals surface area contributed by atoms with E-state index in [-0.39, 0.29) is 11.5 Å². The molecule has 10 nitrogen and oxygen atoms in total. The molecule has 0 aliphatic carbocycles. The summed E-state index contributed by atoms with van der Waals surface area (Å²) < 4.78 is 4.79. The fourth-order valence-corrected chi connectivity index (χ4v) is 4.82. The number of hydrogen-bond acceptors (Lipinski definition) is 6. The van der Waals surface area contributed by atoms with Gasteiger partial charge in [0.2, 0.25) is 0 Å². The van der Waals surface area contributed by atoms with Gasteiger partial charge in [0.1, 0.15) is 11.4 Å². The lowest BCUT2D eigenvalue weighted by atomic mass is 10.1. The number of rotatable bonds is 4. The number of nitrogens with one attached hydrogen (secondary N) is 1. The summed E-state index contributed by atoms with van der Waals surface area (Å²) in [5, 5.41) is 12.0. The number of carbonyl (C=O) groups is 1. The highest BCUT2D eigenvalue weighted by atomic mass is 16.2. The molecule has 1 unspecified atom stereocenters. The number of para-hydroxylation sites is 1. The molecule has 0 saturated heterocycles. The Balaban J connectivity index is 1.47. The molecule has 0 saturated carbocycles. The van der Waals surface area contributed by atoms with Crippen LogP contribution in [0.5, 0.6) is 0 Å². The first kappa shape index (κ1) is 25.7. The molecule has 1 amide bonds. The number of amides is 1. The van der Waals surface area contributed by atoms with Crippen LogP contribution in [0, 0.1) is 25.7 Å². The van der Waals surface area contributed by atoms with Gasteiger partial charge in [-0.1, -0.05) is 36.1 Å². The number of hydrogen-bond donors (Lipinski definition) is 1. The minimum absolute atomic E-state index is 0.280. The summed E-state index contributed by atoms with van der Waals surface area (Å²) in [5.74, 6) is 6.24. The number of fused-ring (bicyclic) bond motifs is 2. The van der Waals surface area contributed by atoms with Gasteiger partial charge in [-0.15, -0.1) is 0 Å². The van der Waals surface area contributed by atoms with Crippen molar-refractivity contribution >= 4 is 22.5 Å². The summed E-state index contributed by atoms with van der Waals surface area (Å²) in [7, 11) is 1.82. The van der Waals surface area contributed by atoms with Crippen molar-refractivity contribution in [2.24, 2.45) is 7.05 Å². The van der Waals surface area contributed by atoms with E-state index in [0.717, 1.165) is 11.3 Å². The van der Waals surface area contributed by atoms with Crippen molar-refractivity contribution in [2.75, 3.05) is 0 Å². The number of aromatic nitrogens is 7. The maximum absolute atomic E-state index is 14.2. The number of nitrogens with zero attached hydrogens (tertiary/aromatic N) is 7. The average molecular weight is 543 g/mol. The third-order valence-electron chi connectivity index (χ3n) is 6.75. The molecule has 202 valence electrons. The van der Waals surface area contributed by atoms with Gasteiger partial charge >= 0.3 is 0 Å². The lowest BCUT2D eigenvalue weighted by Crippen LogP contribution is -2.33. The molecule has 1 N–H and O–H groups in total. The lowest BCUT2D eigenvalue weighted by molar-refractivity contribution is 0.0938. The van der Waals surface area contributed by atoms with Crippen LogP contribution in [-0.2, 0) is 7.05 Å². The Morgan fingerprint density at radius 1 is 1.00 bits per heavy atom. The van der Waals surface area contributed by atoms with E-state index in [0.29, 0.717) is 44.9 Å². The molecule has 0 fully saturated rings. The van der Waals surface area contributed by atoms with Crippen molar-refractivity contribution in [3.63, 3.8) is 0 Å². The van der Waals surface area contributed by atoms with E-state index in [1.165, 1.54) is 4.57 Å². The highest BCUT2D eigenvalue weighted by Gasteiger charge is 2.24. The maximum Gasteiger partial charge on any atom is 0.267 e. The zero-order valence-electron chi connectivity index (χ0n) is 23.0. The van der Waals surface area contributed by atoms with Crippen molar-refractivity contribution < 1.29 is 4.79 Å². The SMILES string of the molecule is Cc1ccn2nc(C)c(C(=O)NC(C)c3nc4cccc(C#Cc5cnn(C)c5)c4c(=O)n3-c3ccccc3)c2n1. The fraction of sp³-hybridized carbons (Fsp3) is 0.161. The highest BCUT2D eigenvalue weighted by Crippen LogP contribution is 2.22. The Hall–Kier alpha value is -5.56. The van der Waals surface area contributed by atoms with Gasteiger partial charge in [0.25, 0.3) is 11.5 Å². The average Bonchev–Trinajstić information content (AvgIpc) is 3.53. The molecule has 6 aromatic rings. The van der Waals surface area contributed by atoms with Gasteiger partial charge < -0.3 is 5.32 Å². The standard InChI is InChI=1S/C31H26N8O2/c1-19-15-16-38-29(33-19)26(20(2)36-38)30(40)34-21(3)28-35-25-12-8-9-23(14-13-22-17-32-37(4)18-22)27(25)31(41)39(28)24-10-6-5-7-11-24/h5-12,15-18,21H,1-4H3,(H,34,40). The molecule has 2 aromatic carbocycles. The van der Waals surface area contributed by atoms with Gasteiger partial charge in [-0.3, -0.25) is 18.8 Å². The Bertz CT molecular complexity index is 2080. The van der Waals surface area contributed by atoms with Gasteiger partial charge in [0.15, 0.2) is 5.65 Å². The first-order valence-corrected chi connectivity index (χ1v) is 13.1. The molecule has 0 bridgehead atoms. The quantitative estimate of drug-likeness (QED) is 0.340. The van der Waals surface area contributed by atoms with Crippen molar-refractivity contribution in [2.45, 2.75) is 26.8 Å². The van der Waals surface area contributed by atoms with Crippen LogP contribution in [0.15, 0.2) is 78.0 Å². The Morgan fingerprint density at radius 3 is 2.56 bits per heavy atom. The maximum atomic E-state index is 14.2. The van der Waals surface area contributed by atoms with E-state index >= 15 is 0 Å². The Kier molecular flexibility index (Phi) is 6.40. The number of aryl methyl sites for hydroxylation is 3. The predicted octanol–water partition coefficient (Wildman–Crippen LogP) is 3.67. The second-order valence-electron chi connectivity index (χ2n) is 9.79. The minimum Gasteiger partial charge on any atom is -0.342 e. The molecule has 0 radical (unpaired) electrons. The Labute approximate surface area is 235 Å². The van der Waals surface area contributed by atoms with Gasteiger partial charge in [-0.05, 0) is 51.1 Å². The van der Waals surface area contributed by atoms with E-state index < -0.39 is 6.04 Å². The summed E-state index contributed by atoms with van der Waals surface area (Å²) >= 11 is 0. The van der Waals surface area contributed by atoms with Crippen LogP contribution >= 0.6 is 0 Å². The molecule has 6 rings (SSSR count). The van der Waals surface area contributed by atoms with E-state index in [9.17, 15) is 9.59 Å². The molecular formula is C31H26N8O2. The van der Waals surface area contributed by atoms with Crippen molar-refractivity contribution in [3.8, 4) is 17.5 Å². The molecule has 41 heavy (non-hydrogen) atoms. The fourth-order valence-electron chi connectivity index (χ4n) is 4.82. The summed E-state index contributed by atoms with van der Waals surface area (Å²) in [6.07, 6.45) is 5.25. The predicted molar refractivity (Wildman–Crippen MR) is 155 cm³/mol. The Morgan fingerprint density at radius 2 is 1.80 bits per heavy atom. The highest BCUT2D eigenvalue weighted by molar-refractivity contribution is 6.01. The molecule has 1 atom stereocenters. The summed E-state index contributed by atoms with van der Waals surface area (Å²) in [6, 6.07) is 15.8. The molecule has 4 heterocycles. The van der Waals surface area contributed by atoms with Crippen molar-refractivity contribution in [1.29, 1.82) is 0 Å². The third-order valence-corrected chi connectivity index (χ3v) is 6.75. The van der Waals surface area contributed by atoms with Crippen LogP contribution in [0.4, 0.5) is 0 Å². The number of benzene rings is 2. The van der Waals surface area contributed by atoms with Gasteiger partial charge in [0.05, 0.1) is 40.1 Å². The lowest BCUT2D eigenvalue weighted by Gasteiger charge is -2.20. The van der Waals surface area contributed by atoms with Crippen LogP contribution in [0.2, 0.25) is 0 Å². The summed E-state index contributed by atoms with van der Waals surface area (Å²) in [4.78, 5) is 37.1. The van der Waals surface area contributed by atoms with Crippen LogP contribution < -0.4 is 10.9 Å². The van der Waals surface area contributed by atoms with Crippen LogP contribution in [0.1, 0.15) is 51.7 Å². The minimum atomic E-state index is -0.635. The van der Waals surface area contributed by atoms with Gasteiger partial charge in [-0.25, -0.2) is 14.5 Å². The van der Waals surface area contributed by atoms with Crippen molar-refractivity contribution in [1.82, 2.24) is 39.2 Å². The monoisotopic (exact) mass is 542 g/mol. The number of carbonyl (C=O) groups excluding carboxylic acids is 1. The summed E-state index contributed by atoms with van der Waals surface area (Å²) in [5.41, 5.74) is 4.30. The summed E-state index contributed by atoms with van der Waals surface area (Å²) in [6.45, 7) is 5.43. The molecular weight excluding hydrogens is 516 g/mol.